The maximum Gasteiger partial charge on any atom is 0.234 e. The number of hydrogen-bond acceptors (Lipinski definition) is 2. The molecule has 0 aliphatic carbocycles. The van der Waals surface area contributed by atoms with E-state index in [9.17, 15) is 9.90 Å². The number of hydrogen-bond donors (Lipinski definition) is 1. The van der Waals surface area contributed by atoms with Crippen molar-refractivity contribution < 1.29 is 9.90 Å². The molecule has 0 heterocycles. The van der Waals surface area contributed by atoms with Crippen LogP contribution in [-0.4, -0.2) is 44.1 Å². The Morgan fingerprint density at radius 2 is 1.92 bits per heavy atom. The molecule has 0 bridgehead atoms. The topological polar surface area (TPSA) is 52.2 Å². The zero-order valence-electron chi connectivity index (χ0n) is 8.83. The van der Waals surface area contributed by atoms with Crippen LogP contribution in [-0.2, 0) is 9.90 Å². The van der Waals surface area contributed by atoms with Gasteiger partial charge in [-0.25, -0.2) is 5.11 Å². The third-order valence-corrected chi connectivity index (χ3v) is 1.79. The quantitative estimate of drug-likeness (QED) is 0.664. The van der Waals surface area contributed by atoms with Crippen LogP contribution in [0, 0.1) is 5.92 Å². The van der Waals surface area contributed by atoms with Crippen molar-refractivity contribution in [1.29, 1.82) is 0 Å². The third-order valence-electron chi connectivity index (χ3n) is 1.79. The largest absolute Gasteiger partial charge is 0.350 e. The average Bonchev–Trinajstić information content (AvgIpc) is 1.98. The second-order valence-corrected chi connectivity index (χ2v) is 3.82. The molecule has 0 spiro atoms. The molecule has 0 aromatic carbocycles. The molecule has 1 N–H and O–H groups in total. The van der Waals surface area contributed by atoms with Gasteiger partial charge in [-0.3, -0.25) is 4.79 Å². The standard InChI is InChI=1S/C9H19N2O2/c1-7(2)8(6-12)10-9(13)5-11(3)4/h7-8H,5-6H2,1-4H3,(H,10,13). The van der Waals surface area contributed by atoms with Crippen LogP contribution in [0.25, 0.3) is 0 Å². The molecular weight excluding hydrogens is 168 g/mol. The maximum absolute atomic E-state index is 11.2. The van der Waals surface area contributed by atoms with Crippen molar-refractivity contribution in [3.05, 3.63) is 0 Å². The van der Waals surface area contributed by atoms with Crippen LogP contribution < -0.4 is 5.32 Å². The maximum atomic E-state index is 11.2. The van der Waals surface area contributed by atoms with E-state index in [0.717, 1.165) is 0 Å². The Labute approximate surface area is 79.9 Å². The molecule has 1 atom stereocenters. The fourth-order valence-electron chi connectivity index (χ4n) is 0.940. The van der Waals surface area contributed by atoms with Gasteiger partial charge in [-0.15, -0.1) is 0 Å². The van der Waals surface area contributed by atoms with Gasteiger partial charge in [-0.2, -0.15) is 0 Å². The van der Waals surface area contributed by atoms with Crippen LogP contribution in [0.2, 0.25) is 0 Å². The summed E-state index contributed by atoms with van der Waals surface area (Å²) in [6.45, 7) is 3.94. The van der Waals surface area contributed by atoms with E-state index >= 15 is 0 Å². The molecule has 13 heavy (non-hydrogen) atoms. The molecule has 0 saturated carbocycles. The van der Waals surface area contributed by atoms with Gasteiger partial charge in [0.05, 0.1) is 12.6 Å². The fourth-order valence-corrected chi connectivity index (χ4v) is 0.940. The first-order valence-corrected chi connectivity index (χ1v) is 4.49. The van der Waals surface area contributed by atoms with E-state index in [0.29, 0.717) is 6.54 Å². The molecule has 0 fully saturated rings. The highest BCUT2D eigenvalue weighted by Gasteiger charge is 2.15. The summed E-state index contributed by atoms with van der Waals surface area (Å²) in [4.78, 5) is 13.0. The molecule has 77 valence electrons. The van der Waals surface area contributed by atoms with Crippen molar-refractivity contribution in [1.82, 2.24) is 10.2 Å². The molecule has 0 aromatic heterocycles. The lowest BCUT2D eigenvalue weighted by Gasteiger charge is -2.20. The SMILES string of the molecule is CC(C)C(C[O])NC(=O)CN(C)C. The Bertz CT molecular complexity index is 158. The lowest BCUT2D eigenvalue weighted by Crippen LogP contribution is -2.44. The van der Waals surface area contributed by atoms with Gasteiger partial charge >= 0.3 is 0 Å². The molecule has 1 unspecified atom stereocenters. The number of nitrogens with zero attached hydrogens (tertiary/aromatic N) is 1. The van der Waals surface area contributed by atoms with Crippen LogP contribution >= 0.6 is 0 Å². The minimum Gasteiger partial charge on any atom is -0.350 e. The zero-order valence-corrected chi connectivity index (χ0v) is 8.83. The van der Waals surface area contributed by atoms with E-state index < -0.39 is 0 Å². The predicted molar refractivity (Wildman–Crippen MR) is 50.9 cm³/mol. The van der Waals surface area contributed by atoms with Gasteiger partial charge < -0.3 is 10.2 Å². The average molecular weight is 187 g/mol. The number of rotatable bonds is 5. The van der Waals surface area contributed by atoms with E-state index in [1.165, 1.54) is 0 Å². The first kappa shape index (κ1) is 12.4. The first-order chi connectivity index (χ1) is 5.97. The van der Waals surface area contributed by atoms with E-state index in [-0.39, 0.29) is 24.5 Å². The van der Waals surface area contributed by atoms with E-state index in [1.807, 2.05) is 27.9 Å². The lowest BCUT2D eigenvalue weighted by molar-refractivity contribution is -0.123. The summed E-state index contributed by atoms with van der Waals surface area (Å²) in [6.07, 6.45) is 0. The van der Waals surface area contributed by atoms with Crippen molar-refractivity contribution in [2.75, 3.05) is 27.2 Å². The number of amides is 1. The normalized spacial score (nSPS) is 13.5. The molecule has 4 nitrogen and oxygen atoms in total. The second kappa shape index (κ2) is 5.94. The highest BCUT2D eigenvalue weighted by Crippen LogP contribution is 2.00. The summed E-state index contributed by atoms with van der Waals surface area (Å²) >= 11 is 0. The van der Waals surface area contributed by atoms with E-state index in [1.54, 1.807) is 4.90 Å². The molecule has 0 saturated heterocycles. The summed E-state index contributed by atoms with van der Waals surface area (Å²) in [5.41, 5.74) is 0. The number of nitrogens with one attached hydrogen (secondary N) is 1. The Kier molecular flexibility index (Phi) is 5.66. The molecule has 1 amide bonds. The van der Waals surface area contributed by atoms with Gasteiger partial charge in [-0.1, -0.05) is 13.8 Å². The molecule has 0 rings (SSSR count). The van der Waals surface area contributed by atoms with Crippen LogP contribution in [0.15, 0.2) is 0 Å². The Morgan fingerprint density at radius 3 is 2.23 bits per heavy atom. The number of carbonyl (C=O) groups is 1. The molecule has 0 aliphatic heterocycles. The summed E-state index contributed by atoms with van der Waals surface area (Å²) in [7, 11) is 3.64. The summed E-state index contributed by atoms with van der Waals surface area (Å²) in [5, 5.41) is 13.4. The van der Waals surface area contributed by atoms with Crippen molar-refractivity contribution >= 4 is 5.91 Å². The minimum atomic E-state index is -0.253. The molecular formula is C9H19N2O2. The van der Waals surface area contributed by atoms with Gasteiger partial charge in [-0.05, 0) is 20.0 Å². The highest BCUT2D eigenvalue weighted by atomic mass is 16.3. The zero-order chi connectivity index (χ0) is 10.4. The predicted octanol–water partition coefficient (Wildman–Crippen LogP) is 0.119. The van der Waals surface area contributed by atoms with Crippen molar-refractivity contribution in [2.24, 2.45) is 5.92 Å². The molecule has 4 heteroatoms. The fraction of sp³-hybridized carbons (Fsp3) is 0.889. The minimum absolute atomic E-state index is 0.0837. The van der Waals surface area contributed by atoms with Crippen molar-refractivity contribution in [2.45, 2.75) is 19.9 Å². The van der Waals surface area contributed by atoms with Gasteiger partial charge in [0.1, 0.15) is 6.61 Å². The van der Waals surface area contributed by atoms with Crippen LogP contribution in [0.5, 0.6) is 0 Å². The molecule has 1 radical (unpaired) electrons. The van der Waals surface area contributed by atoms with E-state index in [2.05, 4.69) is 5.32 Å². The smallest absolute Gasteiger partial charge is 0.234 e. The Hall–Kier alpha value is -0.610. The van der Waals surface area contributed by atoms with Crippen LogP contribution in [0.4, 0.5) is 0 Å². The number of carbonyl (C=O) groups excluding carboxylic acids is 1. The van der Waals surface area contributed by atoms with E-state index in [4.69, 9.17) is 0 Å². The Morgan fingerprint density at radius 1 is 1.38 bits per heavy atom. The monoisotopic (exact) mass is 187 g/mol. The van der Waals surface area contributed by atoms with Gasteiger partial charge in [0.2, 0.25) is 5.91 Å². The summed E-state index contributed by atoms with van der Waals surface area (Å²) in [5.74, 6) is 0.114. The van der Waals surface area contributed by atoms with Crippen LogP contribution in [0.1, 0.15) is 13.8 Å². The number of likely N-dealkylation sites (N-methyl/N-ethyl adjacent to an activating group) is 1. The first-order valence-electron chi connectivity index (χ1n) is 4.49. The lowest BCUT2D eigenvalue weighted by atomic mass is 10.1. The summed E-state index contributed by atoms with van der Waals surface area (Å²) < 4.78 is 0. The molecule has 0 aromatic rings. The molecule has 0 aliphatic rings. The second-order valence-electron chi connectivity index (χ2n) is 3.82. The highest BCUT2D eigenvalue weighted by molar-refractivity contribution is 5.78. The van der Waals surface area contributed by atoms with Gasteiger partial charge in [0.25, 0.3) is 0 Å². The van der Waals surface area contributed by atoms with Gasteiger partial charge in [0, 0.05) is 0 Å². The Balaban J connectivity index is 3.87. The third kappa shape index (κ3) is 5.60. The summed E-state index contributed by atoms with van der Waals surface area (Å²) in [6, 6.07) is -0.243. The van der Waals surface area contributed by atoms with Gasteiger partial charge in [0.15, 0.2) is 0 Å². The van der Waals surface area contributed by atoms with Crippen LogP contribution in [0.3, 0.4) is 0 Å². The van der Waals surface area contributed by atoms with Crippen molar-refractivity contribution in [3.8, 4) is 0 Å². The van der Waals surface area contributed by atoms with Crippen molar-refractivity contribution in [3.63, 3.8) is 0 Å².